The summed E-state index contributed by atoms with van der Waals surface area (Å²) in [5.41, 5.74) is 6.85. The van der Waals surface area contributed by atoms with Crippen LogP contribution in [0, 0.1) is 0 Å². The number of hydrazine groups is 1. The van der Waals surface area contributed by atoms with Gasteiger partial charge in [0.2, 0.25) is 0 Å². The molecule has 9 heteroatoms. The molecule has 30 heavy (non-hydrogen) atoms. The summed E-state index contributed by atoms with van der Waals surface area (Å²) in [7, 11) is 1.70. The van der Waals surface area contributed by atoms with E-state index in [0.29, 0.717) is 23.5 Å². The fourth-order valence-corrected chi connectivity index (χ4v) is 2.71. The Morgan fingerprint density at radius 2 is 1.73 bits per heavy atom. The van der Waals surface area contributed by atoms with Crippen LogP contribution < -0.4 is 20.9 Å². The van der Waals surface area contributed by atoms with Gasteiger partial charge in [-0.3, -0.25) is 30.4 Å². The number of hydrogen-bond donors (Lipinski definition) is 3. The van der Waals surface area contributed by atoms with Crippen LogP contribution in [-0.4, -0.2) is 33.3 Å². The quantitative estimate of drug-likeness (QED) is 0.414. The first kappa shape index (κ1) is 21.0. The maximum atomic E-state index is 12.3. The Labute approximate surface area is 179 Å². The van der Waals surface area contributed by atoms with Crippen LogP contribution in [0.25, 0.3) is 0 Å². The van der Waals surface area contributed by atoms with Gasteiger partial charge in [0, 0.05) is 25.2 Å². The first-order valence-electron chi connectivity index (χ1n) is 9.18. The van der Waals surface area contributed by atoms with Gasteiger partial charge in [-0.1, -0.05) is 30.3 Å². The average Bonchev–Trinajstić information content (AvgIpc) is 3.19. The summed E-state index contributed by atoms with van der Waals surface area (Å²) in [6, 6.07) is 16.8. The van der Waals surface area contributed by atoms with Crippen LogP contribution in [0.2, 0.25) is 0 Å². The second kappa shape index (κ2) is 10.2. The summed E-state index contributed by atoms with van der Waals surface area (Å²) in [4.78, 5) is 24.2. The molecule has 0 spiro atoms. The lowest BCUT2D eigenvalue weighted by molar-refractivity contribution is 0.0934. The van der Waals surface area contributed by atoms with Crippen molar-refractivity contribution in [3.8, 4) is 5.75 Å². The number of amides is 2. The predicted octanol–water partition coefficient (Wildman–Crippen LogP) is 1.99. The minimum Gasteiger partial charge on any atom is -0.493 e. The predicted molar refractivity (Wildman–Crippen MR) is 116 cm³/mol. The van der Waals surface area contributed by atoms with Gasteiger partial charge in [0.1, 0.15) is 5.75 Å². The molecule has 154 valence electrons. The van der Waals surface area contributed by atoms with Gasteiger partial charge in [-0.15, -0.1) is 0 Å². The molecule has 0 aliphatic heterocycles. The molecule has 2 amide bonds. The zero-order valence-corrected chi connectivity index (χ0v) is 17.1. The van der Waals surface area contributed by atoms with E-state index in [2.05, 4.69) is 21.3 Å². The Hall–Kier alpha value is -3.72. The number of rotatable bonds is 6. The SMILES string of the molecule is Cn1cc(C(=O)NNC(=S)NC(=O)c2ccc(OCCc3ccccc3)cc2)cn1. The zero-order valence-electron chi connectivity index (χ0n) is 16.3. The van der Waals surface area contributed by atoms with Crippen molar-refractivity contribution in [1.82, 2.24) is 25.9 Å². The molecule has 3 rings (SSSR count). The van der Waals surface area contributed by atoms with E-state index in [-0.39, 0.29) is 5.11 Å². The minimum absolute atomic E-state index is 0.0274. The fourth-order valence-electron chi connectivity index (χ4n) is 2.56. The molecule has 0 bridgehead atoms. The molecule has 0 saturated heterocycles. The van der Waals surface area contributed by atoms with Crippen LogP contribution in [0.5, 0.6) is 5.75 Å². The zero-order chi connectivity index (χ0) is 21.3. The van der Waals surface area contributed by atoms with Crippen LogP contribution in [0.1, 0.15) is 26.3 Å². The molecule has 0 radical (unpaired) electrons. The molecule has 0 fully saturated rings. The Balaban J connectivity index is 1.42. The van der Waals surface area contributed by atoms with Crippen molar-refractivity contribution >= 4 is 29.1 Å². The second-order valence-electron chi connectivity index (χ2n) is 6.37. The van der Waals surface area contributed by atoms with Crippen molar-refractivity contribution < 1.29 is 14.3 Å². The third-order valence-electron chi connectivity index (χ3n) is 4.10. The second-order valence-corrected chi connectivity index (χ2v) is 6.78. The summed E-state index contributed by atoms with van der Waals surface area (Å²) >= 11 is 5.03. The van der Waals surface area contributed by atoms with Crippen molar-refractivity contribution in [3.05, 3.63) is 83.7 Å². The number of hydrogen-bond acceptors (Lipinski definition) is 5. The molecule has 3 aromatic rings. The molecule has 2 aromatic carbocycles. The highest BCUT2D eigenvalue weighted by molar-refractivity contribution is 7.80. The average molecular weight is 423 g/mol. The van der Waals surface area contributed by atoms with Gasteiger partial charge in [-0.25, -0.2) is 0 Å². The molecule has 1 aromatic heterocycles. The van der Waals surface area contributed by atoms with Crippen molar-refractivity contribution in [1.29, 1.82) is 0 Å². The molecule has 0 aliphatic rings. The van der Waals surface area contributed by atoms with E-state index >= 15 is 0 Å². The molecule has 0 aliphatic carbocycles. The summed E-state index contributed by atoms with van der Waals surface area (Å²) in [6.45, 7) is 0.542. The molecular weight excluding hydrogens is 402 g/mol. The molecule has 0 unspecified atom stereocenters. The third-order valence-corrected chi connectivity index (χ3v) is 4.31. The van der Waals surface area contributed by atoms with Crippen LogP contribution in [0.15, 0.2) is 67.0 Å². The monoisotopic (exact) mass is 423 g/mol. The Kier molecular flexibility index (Phi) is 7.12. The Morgan fingerprint density at radius 3 is 2.40 bits per heavy atom. The van der Waals surface area contributed by atoms with E-state index in [0.717, 1.165) is 6.42 Å². The highest BCUT2D eigenvalue weighted by Crippen LogP contribution is 2.13. The summed E-state index contributed by atoms with van der Waals surface area (Å²) in [6.07, 6.45) is 3.78. The van der Waals surface area contributed by atoms with E-state index in [1.165, 1.54) is 16.4 Å². The number of thiocarbonyl (C=S) groups is 1. The van der Waals surface area contributed by atoms with Crippen LogP contribution >= 0.6 is 12.2 Å². The van der Waals surface area contributed by atoms with E-state index in [4.69, 9.17) is 17.0 Å². The van der Waals surface area contributed by atoms with E-state index in [1.807, 2.05) is 30.3 Å². The fraction of sp³-hybridized carbons (Fsp3) is 0.143. The van der Waals surface area contributed by atoms with Gasteiger partial charge in [0.15, 0.2) is 5.11 Å². The summed E-state index contributed by atoms with van der Waals surface area (Å²) in [5, 5.41) is 6.38. The number of benzene rings is 2. The third kappa shape index (κ3) is 6.14. The lowest BCUT2D eigenvalue weighted by Gasteiger charge is -2.11. The molecular formula is C21H21N5O3S. The lowest BCUT2D eigenvalue weighted by atomic mass is 10.2. The van der Waals surface area contributed by atoms with E-state index in [1.54, 1.807) is 37.5 Å². The van der Waals surface area contributed by atoms with Crippen molar-refractivity contribution in [3.63, 3.8) is 0 Å². The highest BCUT2D eigenvalue weighted by Gasteiger charge is 2.11. The minimum atomic E-state index is -0.420. The van der Waals surface area contributed by atoms with Crippen molar-refractivity contribution in [2.24, 2.45) is 7.05 Å². The van der Waals surface area contributed by atoms with Crippen molar-refractivity contribution in [2.45, 2.75) is 6.42 Å². The lowest BCUT2D eigenvalue weighted by Crippen LogP contribution is -2.48. The van der Waals surface area contributed by atoms with Crippen LogP contribution in [0.3, 0.4) is 0 Å². The topological polar surface area (TPSA) is 97.3 Å². The largest absolute Gasteiger partial charge is 0.493 e. The number of carbonyl (C=O) groups excluding carboxylic acids is 2. The maximum Gasteiger partial charge on any atom is 0.272 e. The molecule has 0 saturated carbocycles. The number of ether oxygens (including phenoxy) is 1. The number of nitrogens with zero attached hydrogens (tertiary/aromatic N) is 2. The first-order chi connectivity index (χ1) is 14.5. The molecule has 1 heterocycles. The maximum absolute atomic E-state index is 12.3. The number of nitrogens with one attached hydrogen (secondary N) is 3. The smallest absolute Gasteiger partial charge is 0.272 e. The molecule has 0 atom stereocenters. The van der Waals surface area contributed by atoms with Gasteiger partial charge in [0.05, 0.1) is 18.4 Å². The van der Waals surface area contributed by atoms with Crippen LogP contribution in [-0.2, 0) is 13.5 Å². The molecule has 8 nitrogen and oxygen atoms in total. The van der Waals surface area contributed by atoms with Gasteiger partial charge < -0.3 is 4.74 Å². The van der Waals surface area contributed by atoms with Gasteiger partial charge in [-0.2, -0.15) is 5.10 Å². The van der Waals surface area contributed by atoms with Gasteiger partial charge >= 0.3 is 0 Å². The standard InChI is InChI=1S/C21H21N5O3S/c1-26-14-17(13-22-26)20(28)24-25-21(30)23-19(27)16-7-9-18(10-8-16)29-12-11-15-5-3-2-4-6-15/h2-10,13-14H,11-12H2,1H3,(H,24,28)(H2,23,25,27,30). The van der Waals surface area contributed by atoms with Crippen LogP contribution in [0.4, 0.5) is 0 Å². The number of aryl methyl sites for hydroxylation is 1. The number of carbonyl (C=O) groups is 2. The number of aromatic nitrogens is 2. The Bertz CT molecular complexity index is 1020. The summed E-state index contributed by atoms with van der Waals surface area (Å²) in [5.74, 6) is -0.150. The normalized spacial score (nSPS) is 10.2. The first-order valence-corrected chi connectivity index (χ1v) is 9.59. The van der Waals surface area contributed by atoms with Crippen molar-refractivity contribution in [2.75, 3.05) is 6.61 Å². The molecule has 3 N–H and O–H groups in total. The van der Waals surface area contributed by atoms with Gasteiger partial charge in [0.25, 0.3) is 11.8 Å². The van der Waals surface area contributed by atoms with E-state index < -0.39 is 11.8 Å². The highest BCUT2D eigenvalue weighted by atomic mass is 32.1. The van der Waals surface area contributed by atoms with Gasteiger partial charge in [-0.05, 0) is 42.0 Å². The van der Waals surface area contributed by atoms with E-state index in [9.17, 15) is 9.59 Å². The Morgan fingerprint density at radius 1 is 1.00 bits per heavy atom. The summed E-state index contributed by atoms with van der Waals surface area (Å²) < 4.78 is 7.21.